The number of halogens is 1. The number of benzene rings is 2. The summed E-state index contributed by atoms with van der Waals surface area (Å²) in [5, 5.41) is 6.56. The van der Waals surface area contributed by atoms with E-state index >= 15 is 0 Å². The number of ether oxygens (including phenoxy) is 4. The Kier molecular flexibility index (Phi) is 8.88. The van der Waals surface area contributed by atoms with Crippen LogP contribution in [0.3, 0.4) is 0 Å². The molecular weight excluding hydrogens is 497 g/mol. The maximum atomic E-state index is 5.88. The van der Waals surface area contributed by atoms with Gasteiger partial charge in [0, 0.05) is 35.8 Å². The maximum absolute atomic E-state index is 5.88. The van der Waals surface area contributed by atoms with E-state index in [0.717, 1.165) is 35.7 Å². The smallest absolute Gasteiger partial charge is 0.196 e. The van der Waals surface area contributed by atoms with E-state index in [1.54, 1.807) is 21.3 Å². The van der Waals surface area contributed by atoms with Crippen LogP contribution < -0.4 is 29.6 Å². The number of anilines is 1. The third-order valence-corrected chi connectivity index (χ3v) is 4.70. The molecule has 30 heavy (non-hydrogen) atoms. The Morgan fingerprint density at radius 1 is 1.07 bits per heavy atom. The Morgan fingerprint density at radius 3 is 2.47 bits per heavy atom. The van der Waals surface area contributed by atoms with Crippen LogP contribution in [0, 0.1) is 0 Å². The predicted molar refractivity (Wildman–Crippen MR) is 130 cm³/mol. The molecule has 7 nitrogen and oxygen atoms in total. The number of rotatable bonds is 7. The number of methoxy groups -OCH3 is 3. The summed E-state index contributed by atoms with van der Waals surface area (Å²) in [7, 11) is 4.91. The van der Waals surface area contributed by atoms with Crippen molar-refractivity contribution in [2.75, 3.05) is 33.2 Å². The van der Waals surface area contributed by atoms with Crippen molar-refractivity contribution in [1.29, 1.82) is 0 Å². The van der Waals surface area contributed by atoms with Crippen LogP contribution in [0.2, 0.25) is 0 Å². The molecule has 2 N–H and O–H groups in total. The zero-order valence-electron chi connectivity index (χ0n) is 18.1. The van der Waals surface area contributed by atoms with E-state index in [0.29, 0.717) is 24.0 Å². The third-order valence-electron chi connectivity index (χ3n) is 4.70. The molecule has 1 unspecified atom stereocenters. The molecule has 0 saturated heterocycles. The summed E-state index contributed by atoms with van der Waals surface area (Å²) >= 11 is 0. The molecule has 0 saturated carbocycles. The third kappa shape index (κ3) is 5.62. The van der Waals surface area contributed by atoms with Crippen LogP contribution in [0.1, 0.15) is 25.0 Å². The van der Waals surface area contributed by atoms with Gasteiger partial charge in [0.1, 0.15) is 17.6 Å². The molecule has 164 valence electrons. The van der Waals surface area contributed by atoms with Gasteiger partial charge in [0.25, 0.3) is 0 Å². The standard InChI is InChI=1S/C22H29N3O4.HI/c1-6-23-22(25-17-7-8-18(26-3)21(12-17)28-5)24-13-16-11-20-15(9-14(2)29-20)10-19(16)27-4;/h7-8,10-12,14H,6,9,13H2,1-5H3,(H2,23,24,25);1H. The summed E-state index contributed by atoms with van der Waals surface area (Å²) in [6.07, 6.45) is 1.09. The molecule has 3 rings (SSSR count). The van der Waals surface area contributed by atoms with Gasteiger partial charge in [-0.25, -0.2) is 4.99 Å². The van der Waals surface area contributed by atoms with E-state index in [2.05, 4.69) is 23.6 Å². The summed E-state index contributed by atoms with van der Waals surface area (Å²) in [4.78, 5) is 4.72. The van der Waals surface area contributed by atoms with Crippen LogP contribution in [0.25, 0.3) is 0 Å². The van der Waals surface area contributed by atoms with E-state index < -0.39 is 0 Å². The molecule has 0 radical (unpaired) electrons. The lowest BCUT2D eigenvalue weighted by atomic mass is 10.1. The Bertz CT molecular complexity index is 889. The molecule has 2 aromatic rings. The number of hydrogen-bond donors (Lipinski definition) is 2. The van der Waals surface area contributed by atoms with E-state index in [1.165, 1.54) is 5.56 Å². The van der Waals surface area contributed by atoms with Crippen molar-refractivity contribution in [3.63, 3.8) is 0 Å². The lowest BCUT2D eigenvalue weighted by Gasteiger charge is -2.14. The first-order valence-corrected chi connectivity index (χ1v) is 9.71. The van der Waals surface area contributed by atoms with E-state index in [4.69, 9.17) is 23.9 Å². The van der Waals surface area contributed by atoms with Crippen molar-refractivity contribution < 1.29 is 18.9 Å². The predicted octanol–water partition coefficient (Wildman–Crippen LogP) is 4.23. The highest BCUT2D eigenvalue weighted by molar-refractivity contribution is 14.0. The van der Waals surface area contributed by atoms with Crippen LogP contribution >= 0.6 is 24.0 Å². The van der Waals surface area contributed by atoms with Gasteiger partial charge in [0.15, 0.2) is 17.5 Å². The molecule has 8 heteroatoms. The quantitative estimate of drug-likeness (QED) is 0.319. The summed E-state index contributed by atoms with van der Waals surface area (Å²) in [5.41, 5.74) is 3.00. The molecule has 0 amide bonds. The normalized spacial score (nSPS) is 14.8. The molecule has 1 aliphatic heterocycles. The second-order valence-electron chi connectivity index (χ2n) is 6.79. The molecule has 0 aliphatic carbocycles. The zero-order chi connectivity index (χ0) is 20.8. The first-order valence-electron chi connectivity index (χ1n) is 9.71. The maximum Gasteiger partial charge on any atom is 0.196 e. The van der Waals surface area contributed by atoms with Crippen LogP contribution in [-0.4, -0.2) is 39.9 Å². The van der Waals surface area contributed by atoms with Gasteiger partial charge in [-0.15, -0.1) is 24.0 Å². The molecular formula is C22H30IN3O4. The number of nitrogens with zero attached hydrogens (tertiary/aromatic N) is 1. The SMILES string of the molecule is CCNC(=NCc1cc2c(cc1OC)CC(C)O2)Nc1ccc(OC)c(OC)c1.I. The Labute approximate surface area is 195 Å². The topological polar surface area (TPSA) is 73.3 Å². The average Bonchev–Trinajstić information content (AvgIpc) is 3.10. The summed E-state index contributed by atoms with van der Waals surface area (Å²) in [6, 6.07) is 9.72. The number of hydrogen-bond acceptors (Lipinski definition) is 5. The highest BCUT2D eigenvalue weighted by Gasteiger charge is 2.21. The average molecular weight is 527 g/mol. The fraction of sp³-hybridized carbons (Fsp3) is 0.409. The highest BCUT2D eigenvalue weighted by Crippen LogP contribution is 2.35. The van der Waals surface area contributed by atoms with Gasteiger partial charge < -0.3 is 29.6 Å². The minimum atomic E-state index is 0. The van der Waals surface area contributed by atoms with Crippen LogP contribution in [0.5, 0.6) is 23.0 Å². The monoisotopic (exact) mass is 527 g/mol. The van der Waals surface area contributed by atoms with Crippen molar-refractivity contribution in [3.05, 3.63) is 41.5 Å². The summed E-state index contributed by atoms with van der Waals surface area (Å²) in [6.45, 7) is 5.29. The summed E-state index contributed by atoms with van der Waals surface area (Å²) in [5.74, 6) is 3.74. The van der Waals surface area contributed by atoms with Gasteiger partial charge >= 0.3 is 0 Å². The lowest BCUT2D eigenvalue weighted by molar-refractivity contribution is 0.254. The van der Waals surface area contributed by atoms with Crippen molar-refractivity contribution in [2.24, 2.45) is 4.99 Å². The fourth-order valence-electron chi connectivity index (χ4n) is 3.32. The largest absolute Gasteiger partial charge is 0.496 e. The van der Waals surface area contributed by atoms with E-state index in [1.807, 2.05) is 31.2 Å². The summed E-state index contributed by atoms with van der Waals surface area (Å²) < 4.78 is 22.1. The molecule has 0 fully saturated rings. The number of guanidine groups is 1. The van der Waals surface area contributed by atoms with Crippen molar-refractivity contribution in [3.8, 4) is 23.0 Å². The van der Waals surface area contributed by atoms with Gasteiger partial charge in [0.2, 0.25) is 0 Å². The molecule has 1 atom stereocenters. The lowest BCUT2D eigenvalue weighted by Crippen LogP contribution is -2.30. The zero-order valence-corrected chi connectivity index (χ0v) is 20.4. The number of fused-ring (bicyclic) bond motifs is 1. The minimum absolute atomic E-state index is 0. The van der Waals surface area contributed by atoms with Crippen molar-refractivity contribution in [1.82, 2.24) is 5.32 Å². The number of nitrogens with one attached hydrogen (secondary N) is 2. The Balaban J connectivity index is 0.00000320. The van der Waals surface area contributed by atoms with Gasteiger partial charge in [-0.05, 0) is 38.1 Å². The highest BCUT2D eigenvalue weighted by atomic mass is 127. The first-order chi connectivity index (χ1) is 14.1. The molecule has 2 aromatic carbocycles. The Morgan fingerprint density at radius 2 is 1.80 bits per heavy atom. The molecule has 0 aromatic heterocycles. The second kappa shape index (κ2) is 11.1. The van der Waals surface area contributed by atoms with Crippen LogP contribution in [0.4, 0.5) is 5.69 Å². The molecule has 1 heterocycles. The first kappa shape index (κ1) is 23.9. The van der Waals surface area contributed by atoms with Gasteiger partial charge in [0.05, 0.1) is 27.9 Å². The van der Waals surface area contributed by atoms with Crippen LogP contribution in [0.15, 0.2) is 35.3 Å². The van der Waals surface area contributed by atoms with Gasteiger partial charge in [-0.3, -0.25) is 0 Å². The van der Waals surface area contributed by atoms with E-state index in [-0.39, 0.29) is 30.1 Å². The number of aliphatic imine (C=N–C) groups is 1. The van der Waals surface area contributed by atoms with Crippen molar-refractivity contribution in [2.45, 2.75) is 32.9 Å². The Hall–Kier alpha value is -2.36. The van der Waals surface area contributed by atoms with E-state index in [9.17, 15) is 0 Å². The van der Waals surface area contributed by atoms with Gasteiger partial charge in [-0.1, -0.05) is 0 Å². The fourth-order valence-corrected chi connectivity index (χ4v) is 3.32. The molecule has 0 bridgehead atoms. The molecule has 1 aliphatic rings. The second-order valence-corrected chi connectivity index (χ2v) is 6.79. The van der Waals surface area contributed by atoms with Crippen LogP contribution in [-0.2, 0) is 13.0 Å². The van der Waals surface area contributed by atoms with Gasteiger partial charge in [-0.2, -0.15) is 0 Å². The van der Waals surface area contributed by atoms with Crippen molar-refractivity contribution >= 4 is 35.6 Å². The minimum Gasteiger partial charge on any atom is -0.496 e. The molecule has 0 spiro atoms.